The van der Waals surface area contributed by atoms with Gasteiger partial charge in [0, 0.05) is 18.5 Å². The van der Waals surface area contributed by atoms with Crippen molar-refractivity contribution in [3.8, 4) is 0 Å². The van der Waals surface area contributed by atoms with Crippen LogP contribution < -0.4 is 0 Å². The van der Waals surface area contributed by atoms with E-state index in [1.807, 2.05) is 0 Å². The van der Waals surface area contributed by atoms with E-state index in [0.29, 0.717) is 10.9 Å². The Kier molecular flexibility index (Phi) is 1.89. The molecule has 5 nitrogen and oxygen atoms in total. The number of hydrogen-bond donors (Lipinski definition) is 0. The van der Waals surface area contributed by atoms with Gasteiger partial charge in [-0.15, -0.1) is 0 Å². The second kappa shape index (κ2) is 2.95. The van der Waals surface area contributed by atoms with E-state index in [-0.39, 0.29) is 10.8 Å². The van der Waals surface area contributed by atoms with Crippen molar-refractivity contribution in [2.75, 3.05) is 0 Å². The minimum atomic E-state index is -0.444. The topological polar surface area (TPSA) is 61.0 Å². The molecule has 0 saturated heterocycles. The van der Waals surface area contributed by atoms with Gasteiger partial charge in [0.05, 0.1) is 4.92 Å². The number of aryl methyl sites for hydroxylation is 1. The summed E-state index contributed by atoms with van der Waals surface area (Å²) < 4.78 is 1.41. The number of nitro groups is 1. The minimum absolute atomic E-state index is 0.0180. The first-order valence-electron chi connectivity index (χ1n) is 3.87. The summed E-state index contributed by atoms with van der Waals surface area (Å²) >= 11 is 5.80. The van der Waals surface area contributed by atoms with Crippen LogP contribution in [0.3, 0.4) is 0 Å². The first kappa shape index (κ1) is 8.96. The molecular formula is C8H6ClN3O2. The van der Waals surface area contributed by atoms with Crippen molar-refractivity contribution in [1.29, 1.82) is 0 Å². The second-order valence-electron chi connectivity index (χ2n) is 2.84. The first-order valence-corrected chi connectivity index (χ1v) is 4.24. The van der Waals surface area contributed by atoms with Gasteiger partial charge in [0.1, 0.15) is 5.52 Å². The van der Waals surface area contributed by atoms with E-state index in [0.717, 1.165) is 0 Å². The molecule has 0 unspecified atom stereocenters. The van der Waals surface area contributed by atoms with Crippen LogP contribution in [0, 0.1) is 10.1 Å². The monoisotopic (exact) mass is 211 g/mol. The third-order valence-corrected chi connectivity index (χ3v) is 2.27. The van der Waals surface area contributed by atoms with Crippen LogP contribution in [0.1, 0.15) is 0 Å². The highest BCUT2D eigenvalue weighted by Gasteiger charge is 2.17. The number of nitro benzene ring substituents is 1. The molecule has 0 N–H and O–H groups in total. The molecule has 14 heavy (non-hydrogen) atoms. The number of nitrogens with zero attached hydrogens (tertiary/aromatic N) is 3. The summed E-state index contributed by atoms with van der Waals surface area (Å²) in [6.07, 6.45) is 0. The van der Waals surface area contributed by atoms with Gasteiger partial charge >= 0.3 is 0 Å². The Hall–Kier alpha value is -1.62. The molecule has 0 radical (unpaired) electrons. The number of benzene rings is 1. The molecule has 0 atom stereocenters. The zero-order valence-corrected chi connectivity index (χ0v) is 8.02. The molecule has 1 aromatic carbocycles. The van der Waals surface area contributed by atoms with Crippen LogP contribution in [0.15, 0.2) is 18.2 Å². The van der Waals surface area contributed by atoms with Crippen LogP contribution in [0.5, 0.6) is 0 Å². The van der Waals surface area contributed by atoms with Gasteiger partial charge in [-0.2, -0.15) is 5.10 Å². The molecule has 72 valence electrons. The quantitative estimate of drug-likeness (QED) is 0.536. The van der Waals surface area contributed by atoms with Crippen LogP contribution in [-0.4, -0.2) is 14.7 Å². The van der Waals surface area contributed by atoms with Crippen molar-refractivity contribution in [2.24, 2.45) is 7.05 Å². The molecule has 2 aromatic rings. The SMILES string of the molecule is Cn1nc(Cl)c2cccc([N+](=O)[O-])c21. The van der Waals surface area contributed by atoms with Crippen LogP contribution >= 0.6 is 11.6 Å². The summed E-state index contributed by atoms with van der Waals surface area (Å²) in [5, 5.41) is 15.5. The van der Waals surface area contributed by atoms with E-state index < -0.39 is 4.92 Å². The molecule has 1 heterocycles. The van der Waals surface area contributed by atoms with Crippen molar-refractivity contribution in [2.45, 2.75) is 0 Å². The van der Waals surface area contributed by atoms with Gasteiger partial charge in [0.25, 0.3) is 5.69 Å². The van der Waals surface area contributed by atoms with E-state index in [9.17, 15) is 10.1 Å². The van der Waals surface area contributed by atoms with Gasteiger partial charge in [-0.1, -0.05) is 17.7 Å². The van der Waals surface area contributed by atoms with E-state index in [1.165, 1.54) is 10.7 Å². The van der Waals surface area contributed by atoms with Crippen molar-refractivity contribution in [3.63, 3.8) is 0 Å². The van der Waals surface area contributed by atoms with Crippen molar-refractivity contribution >= 4 is 28.2 Å². The molecule has 0 fully saturated rings. The Morgan fingerprint density at radius 1 is 1.57 bits per heavy atom. The number of aromatic nitrogens is 2. The molecule has 0 spiro atoms. The molecule has 0 aliphatic carbocycles. The lowest BCUT2D eigenvalue weighted by molar-refractivity contribution is -0.383. The fraction of sp³-hybridized carbons (Fsp3) is 0.125. The van der Waals surface area contributed by atoms with Gasteiger partial charge in [0.15, 0.2) is 5.15 Å². The van der Waals surface area contributed by atoms with Crippen LogP contribution in [0.2, 0.25) is 5.15 Å². The third-order valence-electron chi connectivity index (χ3n) is 2.00. The lowest BCUT2D eigenvalue weighted by Crippen LogP contribution is -1.95. The Morgan fingerprint density at radius 2 is 2.29 bits per heavy atom. The molecule has 0 amide bonds. The van der Waals surface area contributed by atoms with Crippen LogP contribution in [0.25, 0.3) is 10.9 Å². The highest BCUT2D eigenvalue weighted by Crippen LogP contribution is 2.29. The largest absolute Gasteiger partial charge is 0.295 e. The predicted molar refractivity (Wildman–Crippen MR) is 52.4 cm³/mol. The molecule has 0 bridgehead atoms. The van der Waals surface area contributed by atoms with Gasteiger partial charge in [-0.25, -0.2) is 0 Å². The Morgan fingerprint density at radius 3 is 2.93 bits per heavy atom. The molecule has 0 aliphatic rings. The maximum absolute atomic E-state index is 10.7. The normalized spacial score (nSPS) is 10.7. The summed E-state index contributed by atoms with van der Waals surface area (Å²) in [7, 11) is 1.63. The smallest absolute Gasteiger partial charge is 0.260 e. The van der Waals surface area contributed by atoms with Crippen molar-refractivity contribution in [3.05, 3.63) is 33.5 Å². The maximum Gasteiger partial charge on any atom is 0.295 e. The lowest BCUT2D eigenvalue weighted by Gasteiger charge is -1.95. The number of fused-ring (bicyclic) bond motifs is 1. The molecule has 6 heteroatoms. The van der Waals surface area contributed by atoms with Crippen LogP contribution in [0.4, 0.5) is 5.69 Å². The minimum Gasteiger partial charge on any atom is -0.260 e. The van der Waals surface area contributed by atoms with E-state index in [4.69, 9.17) is 11.6 Å². The van der Waals surface area contributed by atoms with E-state index in [2.05, 4.69) is 5.10 Å². The Bertz CT molecular complexity index is 521. The summed E-state index contributed by atoms with van der Waals surface area (Å²) in [4.78, 5) is 10.3. The van der Waals surface area contributed by atoms with E-state index >= 15 is 0 Å². The lowest BCUT2D eigenvalue weighted by atomic mass is 10.2. The second-order valence-corrected chi connectivity index (χ2v) is 3.20. The number of para-hydroxylation sites is 1. The molecule has 0 aliphatic heterocycles. The van der Waals surface area contributed by atoms with Crippen molar-refractivity contribution < 1.29 is 4.92 Å². The Balaban J connectivity index is 2.92. The average molecular weight is 212 g/mol. The number of hydrogen-bond acceptors (Lipinski definition) is 3. The van der Waals surface area contributed by atoms with Gasteiger partial charge in [-0.3, -0.25) is 14.8 Å². The third kappa shape index (κ3) is 1.13. The van der Waals surface area contributed by atoms with E-state index in [1.54, 1.807) is 19.2 Å². The first-order chi connectivity index (χ1) is 6.61. The predicted octanol–water partition coefficient (Wildman–Crippen LogP) is 2.13. The van der Waals surface area contributed by atoms with Crippen LogP contribution in [-0.2, 0) is 7.05 Å². The maximum atomic E-state index is 10.7. The van der Waals surface area contributed by atoms with Crippen molar-refractivity contribution in [1.82, 2.24) is 9.78 Å². The number of non-ortho nitro benzene ring substituents is 1. The highest BCUT2D eigenvalue weighted by molar-refractivity contribution is 6.34. The van der Waals surface area contributed by atoms with Gasteiger partial charge in [-0.05, 0) is 6.07 Å². The highest BCUT2D eigenvalue weighted by atomic mass is 35.5. The molecule has 2 rings (SSSR count). The fourth-order valence-corrected chi connectivity index (χ4v) is 1.69. The van der Waals surface area contributed by atoms with Gasteiger partial charge < -0.3 is 0 Å². The number of halogens is 1. The molecular weight excluding hydrogens is 206 g/mol. The summed E-state index contributed by atoms with van der Waals surface area (Å²) in [5.41, 5.74) is 0.465. The molecule has 0 saturated carbocycles. The standard InChI is InChI=1S/C8H6ClN3O2/c1-11-7-5(8(9)10-11)3-2-4-6(7)12(13)14/h2-4H,1H3. The Labute approximate surface area is 84.0 Å². The summed E-state index contributed by atoms with van der Waals surface area (Å²) in [6, 6.07) is 4.73. The average Bonchev–Trinajstić information content (AvgIpc) is 2.43. The fourth-order valence-electron chi connectivity index (χ4n) is 1.42. The number of rotatable bonds is 1. The summed E-state index contributed by atoms with van der Waals surface area (Å²) in [5.74, 6) is 0. The zero-order chi connectivity index (χ0) is 10.3. The zero-order valence-electron chi connectivity index (χ0n) is 7.27. The summed E-state index contributed by atoms with van der Waals surface area (Å²) in [6.45, 7) is 0. The molecule has 1 aromatic heterocycles. The van der Waals surface area contributed by atoms with Gasteiger partial charge in [0.2, 0.25) is 0 Å².